The van der Waals surface area contributed by atoms with E-state index in [0.29, 0.717) is 5.92 Å². The molecular weight excluding hydrogens is 251 g/mol. The van der Waals surface area contributed by atoms with E-state index in [1.165, 1.54) is 9.13 Å². The Bertz CT molecular complexity index is 255. The minimum Gasteiger partial charge on any atom is -0.392 e. The zero-order valence-electron chi connectivity index (χ0n) is 6.00. The topological polar surface area (TPSA) is 20.2 Å². The minimum absolute atomic E-state index is 0.0740. The van der Waals surface area contributed by atoms with Gasteiger partial charge in [-0.2, -0.15) is 0 Å². The second-order valence-corrected chi connectivity index (χ2v) is 4.21. The number of rotatable bonds is 1. The number of hydrogen-bond acceptors (Lipinski definition) is 1. The normalized spacial score (nSPS) is 28.5. The minimum atomic E-state index is -0.0740. The average Bonchev–Trinajstić information content (AvgIpc) is 2.69. The summed E-state index contributed by atoms with van der Waals surface area (Å²) < 4.78 is 1.25. The highest BCUT2D eigenvalue weighted by Crippen LogP contribution is 2.40. The Hall–Kier alpha value is -0.0900. The lowest BCUT2D eigenvalue weighted by Crippen LogP contribution is -1.85. The van der Waals surface area contributed by atoms with Gasteiger partial charge in [-0.3, -0.25) is 0 Å². The maximum atomic E-state index is 9.15. The first-order chi connectivity index (χ1) is 5.27. The van der Waals surface area contributed by atoms with Crippen LogP contribution < -0.4 is 0 Å². The third-order valence-electron chi connectivity index (χ3n) is 2.05. The first-order valence-corrected chi connectivity index (χ1v) is 4.79. The van der Waals surface area contributed by atoms with E-state index in [1.54, 1.807) is 0 Å². The Labute approximate surface area is 79.6 Å². The van der Waals surface area contributed by atoms with Gasteiger partial charge >= 0.3 is 0 Å². The molecule has 0 aliphatic heterocycles. The summed E-state index contributed by atoms with van der Waals surface area (Å²) in [4.78, 5) is 0. The highest BCUT2D eigenvalue weighted by atomic mass is 127. The number of hydrogen-bond donors (Lipinski definition) is 1. The summed E-state index contributed by atoms with van der Waals surface area (Å²) in [5.74, 6) is 0.423. The molecule has 1 nitrogen and oxygen atoms in total. The van der Waals surface area contributed by atoms with Crippen LogP contribution in [-0.4, -0.2) is 11.2 Å². The van der Waals surface area contributed by atoms with E-state index in [0.717, 1.165) is 6.42 Å². The molecule has 1 fully saturated rings. The van der Waals surface area contributed by atoms with Gasteiger partial charge < -0.3 is 5.11 Å². The molecular formula is C9H9IO. The van der Waals surface area contributed by atoms with Gasteiger partial charge in [0.15, 0.2) is 0 Å². The van der Waals surface area contributed by atoms with Crippen LogP contribution in [0.3, 0.4) is 0 Å². The molecule has 1 aliphatic carbocycles. The maximum absolute atomic E-state index is 9.15. The summed E-state index contributed by atoms with van der Waals surface area (Å²) in [6.07, 6.45) is 0.871. The van der Waals surface area contributed by atoms with E-state index >= 15 is 0 Å². The van der Waals surface area contributed by atoms with Crippen molar-refractivity contribution in [1.82, 2.24) is 0 Å². The van der Waals surface area contributed by atoms with E-state index in [4.69, 9.17) is 5.11 Å². The third-order valence-corrected chi connectivity index (χ3v) is 2.77. The van der Waals surface area contributed by atoms with Crippen LogP contribution in [0.1, 0.15) is 17.9 Å². The van der Waals surface area contributed by atoms with E-state index in [2.05, 4.69) is 46.9 Å². The van der Waals surface area contributed by atoms with Crippen LogP contribution in [-0.2, 0) is 0 Å². The van der Waals surface area contributed by atoms with Gasteiger partial charge in [0, 0.05) is 9.49 Å². The Morgan fingerprint density at radius 2 is 1.82 bits per heavy atom. The predicted octanol–water partition coefficient (Wildman–Crippen LogP) is 2.14. The third kappa shape index (κ3) is 1.56. The first-order valence-electron chi connectivity index (χ1n) is 3.71. The van der Waals surface area contributed by atoms with Crippen LogP contribution in [0.5, 0.6) is 0 Å². The molecule has 0 amide bonds. The Morgan fingerprint density at radius 1 is 1.27 bits per heavy atom. The molecule has 1 saturated carbocycles. The van der Waals surface area contributed by atoms with Gasteiger partial charge in [-0.1, -0.05) is 12.1 Å². The molecule has 1 N–H and O–H groups in total. The second-order valence-electron chi connectivity index (χ2n) is 2.96. The quantitative estimate of drug-likeness (QED) is 0.767. The van der Waals surface area contributed by atoms with Crippen LogP contribution in [0.2, 0.25) is 0 Å². The fraction of sp³-hybridized carbons (Fsp3) is 0.333. The van der Waals surface area contributed by atoms with E-state index in [9.17, 15) is 0 Å². The molecule has 58 valence electrons. The van der Waals surface area contributed by atoms with Crippen molar-refractivity contribution >= 4 is 22.6 Å². The number of aliphatic hydroxyl groups excluding tert-OH is 1. The molecule has 0 spiro atoms. The molecule has 0 aromatic heterocycles. The summed E-state index contributed by atoms with van der Waals surface area (Å²) in [6, 6.07) is 8.37. The average molecular weight is 260 g/mol. The van der Waals surface area contributed by atoms with Crippen LogP contribution in [0.15, 0.2) is 24.3 Å². The second kappa shape index (κ2) is 2.75. The van der Waals surface area contributed by atoms with E-state index in [1.807, 2.05) is 0 Å². The van der Waals surface area contributed by atoms with Gasteiger partial charge in [0.2, 0.25) is 0 Å². The lowest BCUT2D eigenvalue weighted by molar-refractivity contribution is 0.272. The Balaban J connectivity index is 2.21. The highest BCUT2D eigenvalue weighted by molar-refractivity contribution is 14.1. The molecule has 2 atom stereocenters. The number of halogens is 1. The summed E-state index contributed by atoms with van der Waals surface area (Å²) in [5.41, 5.74) is 1.28. The lowest BCUT2D eigenvalue weighted by atomic mass is 10.1. The van der Waals surface area contributed by atoms with Gasteiger partial charge in [0.25, 0.3) is 0 Å². The zero-order chi connectivity index (χ0) is 7.84. The zero-order valence-corrected chi connectivity index (χ0v) is 8.15. The highest BCUT2D eigenvalue weighted by Gasteiger charge is 2.36. The molecule has 2 unspecified atom stereocenters. The van der Waals surface area contributed by atoms with Crippen LogP contribution in [0, 0.1) is 3.57 Å². The predicted molar refractivity (Wildman–Crippen MR) is 52.5 cm³/mol. The van der Waals surface area contributed by atoms with Crippen molar-refractivity contribution in [1.29, 1.82) is 0 Å². The van der Waals surface area contributed by atoms with Crippen molar-refractivity contribution in [2.75, 3.05) is 0 Å². The van der Waals surface area contributed by atoms with Crippen LogP contribution >= 0.6 is 22.6 Å². The van der Waals surface area contributed by atoms with E-state index in [-0.39, 0.29) is 6.10 Å². The Kier molecular flexibility index (Phi) is 1.89. The first kappa shape index (κ1) is 7.55. The van der Waals surface area contributed by atoms with Crippen molar-refractivity contribution in [2.45, 2.75) is 18.4 Å². The van der Waals surface area contributed by atoms with Crippen molar-refractivity contribution in [2.24, 2.45) is 0 Å². The van der Waals surface area contributed by atoms with Gasteiger partial charge in [-0.15, -0.1) is 0 Å². The monoisotopic (exact) mass is 260 g/mol. The molecule has 1 aromatic rings. The molecule has 1 aliphatic rings. The van der Waals surface area contributed by atoms with Crippen molar-refractivity contribution in [3.8, 4) is 0 Å². The molecule has 2 rings (SSSR count). The summed E-state index contributed by atoms with van der Waals surface area (Å²) >= 11 is 2.28. The maximum Gasteiger partial charge on any atom is 0.0616 e. The summed E-state index contributed by atoms with van der Waals surface area (Å²) in [6.45, 7) is 0. The van der Waals surface area contributed by atoms with Gasteiger partial charge in [-0.05, 0) is 46.7 Å². The van der Waals surface area contributed by atoms with Gasteiger partial charge in [0.1, 0.15) is 0 Å². The number of benzene rings is 1. The van der Waals surface area contributed by atoms with E-state index < -0.39 is 0 Å². The SMILES string of the molecule is OC1CC1c1ccc(I)cc1. The van der Waals surface area contributed by atoms with Crippen LogP contribution in [0.25, 0.3) is 0 Å². The van der Waals surface area contributed by atoms with Crippen molar-refractivity contribution < 1.29 is 5.11 Å². The fourth-order valence-electron chi connectivity index (χ4n) is 1.25. The standard InChI is InChI=1S/C9H9IO/c10-7-3-1-6(2-4-7)8-5-9(8)11/h1-4,8-9,11H,5H2. The van der Waals surface area contributed by atoms with Crippen molar-refractivity contribution in [3.05, 3.63) is 33.4 Å². The molecule has 11 heavy (non-hydrogen) atoms. The van der Waals surface area contributed by atoms with Gasteiger partial charge in [0.05, 0.1) is 6.10 Å². The van der Waals surface area contributed by atoms with Crippen LogP contribution in [0.4, 0.5) is 0 Å². The fourth-order valence-corrected chi connectivity index (χ4v) is 1.61. The Morgan fingerprint density at radius 3 is 2.27 bits per heavy atom. The smallest absolute Gasteiger partial charge is 0.0616 e. The van der Waals surface area contributed by atoms with Gasteiger partial charge in [-0.25, -0.2) is 0 Å². The summed E-state index contributed by atoms with van der Waals surface area (Å²) in [7, 11) is 0. The molecule has 1 aromatic carbocycles. The molecule has 0 bridgehead atoms. The largest absolute Gasteiger partial charge is 0.392 e. The number of aliphatic hydroxyl groups is 1. The molecule has 2 heteroatoms. The molecule has 0 radical (unpaired) electrons. The van der Waals surface area contributed by atoms with Crippen molar-refractivity contribution in [3.63, 3.8) is 0 Å². The lowest BCUT2D eigenvalue weighted by Gasteiger charge is -1.96. The summed E-state index contributed by atoms with van der Waals surface area (Å²) in [5, 5.41) is 9.15. The molecule has 0 saturated heterocycles. The molecule has 0 heterocycles.